The zero-order valence-electron chi connectivity index (χ0n) is 17.3. The number of phenolic OH excluding ortho intramolecular Hbond substituents is 2. The first kappa shape index (κ1) is 21.0. The number of carbonyl (C=O) groups excluding carboxylic acids is 1. The van der Waals surface area contributed by atoms with Crippen LogP contribution in [0.3, 0.4) is 0 Å². The highest BCUT2D eigenvalue weighted by molar-refractivity contribution is 5.46. The van der Waals surface area contributed by atoms with Crippen LogP contribution in [0.1, 0.15) is 95.1 Å². The van der Waals surface area contributed by atoms with Crippen molar-refractivity contribution in [1.29, 1.82) is 0 Å². The summed E-state index contributed by atoms with van der Waals surface area (Å²) in [6, 6.07) is 3.39. The first-order chi connectivity index (χ1) is 13.5. The predicted octanol–water partition coefficient (Wildman–Crippen LogP) is 5.81. The van der Waals surface area contributed by atoms with Crippen molar-refractivity contribution in [1.82, 2.24) is 0 Å². The zero-order chi connectivity index (χ0) is 20.0. The molecule has 0 bridgehead atoms. The minimum Gasteiger partial charge on any atom is -0.508 e. The van der Waals surface area contributed by atoms with Gasteiger partial charge in [-0.25, -0.2) is 0 Å². The third kappa shape index (κ3) is 6.15. The number of hydrogen-bond acceptors (Lipinski definition) is 4. The Morgan fingerprint density at radius 3 is 2.04 bits per heavy atom. The summed E-state index contributed by atoms with van der Waals surface area (Å²) >= 11 is 0. The van der Waals surface area contributed by atoms with Crippen molar-refractivity contribution in [3.63, 3.8) is 0 Å². The summed E-state index contributed by atoms with van der Waals surface area (Å²) in [5.74, 6) is 0.598. The lowest BCUT2D eigenvalue weighted by Gasteiger charge is -2.14. The summed E-state index contributed by atoms with van der Waals surface area (Å²) in [6.45, 7) is 2.95. The molecule has 2 aliphatic rings. The van der Waals surface area contributed by atoms with Crippen molar-refractivity contribution < 1.29 is 19.7 Å². The van der Waals surface area contributed by atoms with E-state index in [2.05, 4.69) is 6.92 Å². The number of hydrogen-bond donors (Lipinski definition) is 2. The van der Waals surface area contributed by atoms with Gasteiger partial charge in [0.2, 0.25) is 0 Å². The third-order valence-corrected chi connectivity index (χ3v) is 6.77. The molecule has 0 amide bonds. The highest BCUT2D eigenvalue weighted by Gasteiger charge is 2.44. The molecule has 156 valence electrons. The van der Waals surface area contributed by atoms with Gasteiger partial charge in [0.15, 0.2) is 0 Å². The first-order valence-electron chi connectivity index (χ1n) is 11.1. The molecule has 2 saturated carbocycles. The SMILES string of the molecule is CC1(CCCCCCc2cc(O)cc(CCCCC3(OC=O)CC3)c2O)CC1. The molecule has 0 unspecified atom stereocenters. The largest absolute Gasteiger partial charge is 0.508 e. The van der Waals surface area contributed by atoms with E-state index in [9.17, 15) is 15.0 Å². The molecule has 0 heterocycles. The number of aryl methyl sites for hydroxylation is 2. The number of phenols is 2. The Hall–Kier alpha value is -1.71. The second-order valence-electron chi connectivity index (χ2n) is 9.44. The van der Waals surface area contributed by atoms with Gasteiger partial charge in [0.25, 0.3) is 6.47 Å². The van der Waals surface area contributed by atoms with Gasteiger partial charge >= 0.3 is 0 Å². The van der Waals surface area contributed by atoms with Crippen LogP contribution in [0, 0.1) is 5.41 Å². The van der Waals surface area contributed by atoms with E-state index in [4.69, 9.17) is 4.74 Å². The Balaban J connectivity index is 1.39. The summed E-state index contributed by atoms with van der Waals surface area (Å²) in [5, 5.41) is 20.7. The lowest BCUT2D eigenvalue weighted by Crippen LogP contribution is -2.12. The first-order valence-corrected chi connectivity index (χ1v) is 11.1. The Morgan fingerprint density at radius 1 is 0.893 bits per heavy atom. The minimum atomic E-state index is -0.204. The van der Waals surface area contributed by atoms with Crippen LogP contribution in [0.4, 0.5) is 0 Å². The number of rotatable bonds is 14. The van der Waals surface area contributed by atoms with Crippen molar-refractivity contribution in [2.45, 2.75) is 102 Å². The molecule has 2 aliphatic carbocycles. The maximum absolute atomic E-state index is 10.6. The zero-order valence-corrected chi connectivity index (χ0v) is 17.3. The molecule has 0 atom stereocenters. The van der Waals surface area contributed by atoms with Gasteiger partial charge in [0.1, 0.15) is 17.1 Å². The molecule has 1 aromatic rings. The topological polar surface area (TPSA) is 66.8 Å². The average Bonchev–Trinajstić information content (AvgIpc) is 3.58. The molecule has 1 aromatic carbocycles. The number of aromatic hydroxyl groups is 2. The van der Waals surface area contributed by atoms with Crippen LogP contribution in [0.5, 0.6) is 11.5 Å². The fraction of sp³-hybridized carbons (Fsp3) is 0.708. The summed E-state index contributed by atoms with van der Waals surface area (Å²) in [7, 11) is 0. The molecule has 0 saturated heterocycles. The fourth-order valence-electron chi connectivity index (χ4n) is 4.24. The van der Waals surface area contributed by atoms with Crippen molar-refractivity contribution in [2.24, 2.45) is 5.41 Å². The van der Waals surface area contributed by atoms with Gasteiger partial charge in [-0.05, 0) is 99.3 Å². The van der Waals surface area contributed by atoms with Gasteiger partial charge in [-0.1, -0.05) is 26.2 Å². The van der Waals surface area contributed by atoms with E-state index < -0.39 is 0 Å². The third-order valence-electron chi connectivity index (χ3n) is 6.77. The summed E-state index contributed by atoms with van der Waals surface area (Å²) < 4.78 is 5.18. The monoisotopic (exact) mass is 388 g/mol. The summed E-state index contributed by atoms with van der Waals surface area (Å²) in [4.78, 5) is 10.5. The molecule has 2 fully saturated rings. The van der Waals surface area contributed by atoms with Crippen LogP contribution in [0.15, 0.2) is 12.1 Å². The van der Waals surface area contributed by atoms with Crippen LogP contribution in [0.25, 0.3) is 0 Å². The van der Waals surface area contributed by atoms with Crippen molar-refractivity contribution in [3.05, 3.63) is 23.3 Å². The number of unbranched alkanes of at least 4 members (excludes halogenated alkanes) is 4. The van der Waals surface area contributed by atoms with Crippen LogP contribution >= 0.6 is 0 Å². The van der Waals surface area contributed by atoms with Gasteiger partial charge in [0, 0.05) is 0 Å². The maximum Gasteiger partial charge on any atom is 0.293 e. The van der Waals surface area contributed by atoms with Crippen molar-refractivity contribution in [3.8, 4) is 11.5 Å². The van der Waals surface area contributed by atoms with Crippen LogP contribution in [-0.2, 0) is 22.4 Å². The van der Waals surface area contributed by atoms with Crippen LogP contribution in [-0.4, -0.2) is 22.3 Å². The predicted molar refractivity (Wildman–Crippen MR) is 111 cm³/mol. The Kier molecular flexibility index (Phi) is 6.90. The average molecular weight is 389 g/mol. The molecular weight excluding hydrogens is 352 g/mol. The lowest BCUT2D eigenvalue weighted by molar-refractivity contribution is -0.135. The van der Waals surface area contributed by atoms with E-state index in [1.165, 1.54) is 38.5 Å². The van der Waals surface area contributed by atoms with E-state index in [0.29, 0.717) is 17.6 Å². The van der Waals surface area contributed by atoms with Crippen LogP contribution in [0.2, 0.25) is 0 Å². The van der Waals surface area contributed by atoms with Gasteiger partial charge < -0.3 is 14.9 Å². The Labute approximate surface area is 169 Å². The van der Waals surface area contributed by atoms with E-state index in [1.807, 2.05) is 0 Å². The fourth-order valence-corrected chi connectivity index (χ4v) is 4.24. The molecule has 3 rings (SSSR count). The quantitative estimate of drug-likeness (QED) is 0.240. The lowest BCUT2D eigenvalue weighted by atomic mass is 9.97. The number of benzene rings is 1. The molecule has 0 aliphatic heterocycles. The molecule has 4 heteroatoms. The van der Waals surface area contributed by atoms with Crippen molar-refractivity contribution in [2.75, 3.05) is 0 Å². The molecule has 28 heavy (non-hydrogen) atoms. The van der Waals surface area contributed by atoms with Crippen LogP contribution < -0.4 is 0 Å². The van der Waals surface area contributed by atoms with E-state index in [-0.39, 0.29) is 11.4 Å². The molecular formula is C24H36O4. The maximum atomic E-state index is 10.6. The molecule has 0 aromatic heterocycles. The van der Waals surface area contributed by atoms with E-state index >= 15 is 0 Å². The molecule has 4 nitrogen and oxygen atoms in total. The van der Waals surface area contributed by atoms with Gasteiger partial charge in [-0.2, -0.15) is 0 Å². The van der Waals surface area contributed by atoms with E-state index in [1.54, 1.807) is 12.1 Å². The molecule has 0 spiro atoms. The van der Waals surface area contributed by atoms with E-state index in [0.717, 1.165) is 62.5 Å². The summed E-state index contributed by atoms with van der Waals surface area (Å²) in [5.41, 5.74) is 2.15. The van der Waals surface area contributed by atoms with Gasteiger partial charge in [0.05, 0.1) is 0 Å². The minimum absolute atomic E-state index is 0.204. The highest BCUT2D eigenvalue weighted by atomic mass is 16.5. The molecule has 2 N–H and O–H groups in total. The number of carbonyl (C=O) groups is 1. The molecule has 0 radical (unpaired) electrons. The Morgan fingerprint density at radius 2 is 1.46 bits per heavy atom. The van der Waals surface area contributed by atoms with Gasteiger partial charge in [-0.15, -0.1) is 0 Å². The van der Waals surface area contributed by atoms with Gasteiger partial charge in [-0.3, -0.25) is 4.79 Å². The summed E-state index contributed by atoms with van der Waals surface area (Å²) in [6.07, 6.45) is 15.2. The Bertz CT molecular complexity index is 659. The van der Waals surface area contributed by atoms with Crippen molar-refractivity contribution >= 4 is 6.47 Å². The number of ether oxygens (including phenoxy) is 1. The smallest absolute Gasteiger partial charge is 0.293 e. The highest BCUT2D eigenvalue weighted by Crippen LogP contribution is 2.49. The normalized spacial score (nSPS) is 18.6. The second kappa shape index (κ2) is 9.19. The standard InChI is InChI=1S/C24H36O4/c1-23(12-13-23)10-6-3-2-4-8-19-16-21(26)17-20(22(19)27)9-5-7-11-24(14-15-24)28-18-25/h16-18,26-27H,2-15H2,1H3. The second-order valence-corrected chi connectivity index (χ2v) is 9.44.